The molecular formula is C16H16ClNO5S. The van der Waals surface area contributed by atoms with Crippen molar-refractivity contribution in [2.24, 2.45) is 0 Å². The van der Waals surface area contributed by atoms with Crippen LogP contribution in [0.15, 0.2) is 41.3 Å². The number of carbonyl (C=O) groups is 1. The first kappa shape index (κ1) is 18.1. The molecule has 2 aromatic carbocycles. The summed E-state index contributed by atoms with van der Waals surface area (Å²) in [6, 6.07) is 8.71. The summed E-state index contributed by atoms with van der Waals surface area (Å²) in [5.41, 5.74) is 0.689. The molecule has 0 aliphatic carbocycles. The minimum atomic E-state index is -3.31. The first-order chi connectivity index (χ1) is 11.3. The van der Waals surface area contributed by atoms with Crippen LogP contribution in [0.2, 0.25) is 5.02 Å². The second-order valence-electron chi connectivity index (χ2n) is 4.94. The molecule has 1 N–H and O–H groups in total. The highest BCUT2D eigenvalue weighted by molar-refractivity contribution is 7.90. The maximum atomic E-state index is 12.3. The van der Waals surface area contributed by atoms with Gasteiger partial charge in [-0.05, 0) is 24.3 Å². The van der Waals surface area contributed by atoms with Crippen LogP contribution >= 0.6 is 11.6 Å². The van der Waals surface area contributed by atoms with Gasteiger partial charge in [-0.3, -0.25) is 4.79 Å². The molecule has 0 aromatic heterocycles. The van der Waals surface area contributed by atoms with Crippen molar-refractivity contribution in [1.82, 2.24) is 0 Å². The van der Waals surface area contributed by atoms with Gasteiger partial charge >= 0.3 is 0 Å². The Morgan fingerprint density at radius 1 is 1.04 bits per heavy atom. The molecule has 0 aliphatic rings. The van der Waals surface area contributed by atoms with Gasteiger partial charge in [0.2, 0.25) is 0 Å². The topological polar surface area (TPSA) is 81.7 Å². The molecule has 0 fully saturated rings. The van der Waals surface area contributed by atoms with Crippen LogP contribution in [0.3, 0.4) is 0 Å². The third-order valence-corrected chi connectivity index (χ3v) is 4.69. The van der Waals surface area contributed by atoms with Gasteiger partial charge in [0.1, 0.15) is 11.5 Å². The number of hydrogen-bond acceptors (Lipinski definition) is 5. The van der Waals surface area contributed by atoms with Crippen molar-refractivity contribution >= 4 is 33.0 Å². The number of ether oxygens (including phenoxy) is 2. The first-order valence-electron chi connectivity index (χ1n) is 6.79. The summed E-state index contributed by atoms with van der Waals surface area (Å²) in [6.45, 7) is 0. The molecule has 6 nitrogen and oxygen atoms in total. The van der Waals surface area contributed by atoms with E-state index in [0.717, 1.165) is 6.26 Å². The average molecular weight is 370 g/mol. The quantitative estimate of drug-likeness (QED) is 0.876. The average Bonchev–Trinajstić information content (AvgIpc) is 2.55. The van der Waals surface area contributed by atoms with E-state index in [-0.39, 0.29) is 4.90 Å². The van der Waals surface area contributed by atoms with Crippen LogP contribution in [0.4, 0.5) is 5.69 Å². The molecule has 2 rings (SSSR count). The molecule has 0 heterocycles. The first-order valence-corrected chi connectivity index (χ1v) is 9.06. The highest BCUT2D eigenvalue weighted by atomic mass is 35.5. The van der Waals surface area contributed by atoms with Crippen LogP contribution in [0.1, 0.15) is 10.4 Å². The van der Waals surface area contributed by atoms with Crippen molar-refractivity contribution < 1.29 is 22.7 Å². The van der Waals surface area contributed by atoms with Gasteiger partial charge in [0.05, 0.1) is 29.8 Å². The molecule has 128 valence electrons. The number of rotatable bonds is 5. The van der Waals surface area contributed by atoms with Crippen LogP contribution in [-0.4, -0.2) is 34.8 Å². The Morgan fingerprint density at radius 2 is 1.62 bits per heavy atom. The molecule has 0 unspecified atom stereocenters. The number of halogens is 1. The smallest absolute Gasteiger partial charge is 0.255 e. The van der Waals surface area contributed by atoms with Gasteiger partial charge in [0.15, 0.2) is 9.84 Å². The predicted molar refractivity (Wildman–Crippen MR) is 92.1 cm³/mol. The lowest BCUT2D eigenvalue weighted by Gasteiger charge is -2.13. The van der Waals surface area contributed by atoms with Crippen molar-refractivity contribution in [2.45, 2.75) is 4.90 Å². The molecule has 0 saturated carbocycles. The number of sulfone groups is 1. The summed E-state index contributed by atoms with van der Waals surface area (Å²) in [7, 11) is -0.397. The Morgan fingerprint density at radius 3 is 2.12 bits per heavy atom. The van der Waals surface area contributed by atoms with Crippen LogP contribution in [-0.2, 0) is 9.84 Å². The molecule has 0 bridgehead atoms. The third-order valence-electron chi connectivity index (χ3n) is 3.27. The summed E-state index contributed by atoms with van der Waals surface area (Å²) in [5.74, 6) is 0.347. The van der Waals surface area contributed by atoms with Gasteiger partial charge in [-0.2, -0.15) is 0 Å². The summed E-state index contributed by atoms with van der Waals surface area (Å²) in [4.78, 5) is 12.5. The highest BCUT2D eigenvalue weighted by Gasteiger charge is 2.14. The van der Waals surface area contributed by atoms with Crippen LogP contribution in [0.5, 0.6) is 11.5 Å². The number of carbonyl (C=O) groups excluding carboxylic acids is 1. The van der Waals surface area contributed by atoms with E-state index in [1.165, 1.54) is 44.6 Å². The number of nitrogens with one attached hydrogen (secondary N) is 1. The minimum absolute atomic E-state index is 0.143. The standard InChI is InChI=1S/C16H16ClNO5S/c1-22-14-9-13(15(23-2)8-12(14)17)18-16(19)10-4-6-11(7-5-10)24(3,20)21/h4-9H,1-3H3,(H,18,19). The molecule has 0 spiro atoms. The van der Waals surface area contributed by atoms with Crippen molar-refractivity contribution in [3.8, 4) is 11.5 Å². The Bertz CT molecular complexity index is 863. The van der Waals surface area contributed by atoms with Gasteiger partial charge in [0.25, 0.3) is 5.91 Å². The monoisotopic (exact) mass is 369 g/mol. The van der Waals surface area contributed by atoms with Gasteiger partial charge < -0.3 is 14.8 Å². The largest absolute Gasteiger partial charge is 0.495 e. The molecule has 24 heavy (non-hydrogen) atoms. The van der Waals surface area contributed by atoms with E-state index in [0.29, 0.717) is 27.8 Å². The van der Waals surface area contributed by atoms with Crippen LogP contribution < -0.4 is 14.8 Å². The van der Waals surface area contributed by atoms with Gasteiger partial charge in [-0.25, -0.2) is 8.42 Å². The van der Waals surface area contributed by atoms with E-state index in [1.54, 1.807) is 6.07 Å². The molecule has 2 aromatic rings. The fraction of sp³-hybridized carbons (Fsp3) is 0.188. The Labute approximate surface area is 145 Å². The maximum Gasteiger partial charge on any atom is 0.255 e. The number of hydrogen-bond donors (Lipinski definition) is 1. The van der Waals surface area contributed by atoms with Crippen molar-refractivity contribution in [2.75, 3.05) is 25.8 Å². The van der Waals surface area contributed by atoms with Crippen LogP contribution in [0, 0.1) is 0 Å². The van der Waals surface area contributed by atoms with E-state index in [9.17, 15) is 13.2 Å². The van der Waals surface area contributed by atoms with Gasteiger partial charge in [0, 0.05) is 24.0 Å². The van der Waals surface area contributed by atoms with E-state index >= 15 is 0 Å². The highest BCUT2D eigenvalue weighted by Crippen LogP contribution is 2.36. The Balaban J connectivity index is 2.29. The summed E-state index contributed by atoms with van der Waals surface area (Å²) in [5, 5.41) is 3.04. The van der Waals surface area contributed by atoms with Gasteiger partial charge in [-0.1, -0.05) is 11.6 Å². The lowest BCUT2D eigenvalue weighted by Crippen LogP contribution is -2.13. The lowest BCUT2D eigenvalue weighted by atomic mass is 10.2. The third kappa shape index (κ3) is 3.98. The minimum Gasteiger partial charge on any atom is -0.495 e. The SMILES string of the molecule is COc1cc(NC(=O)c2ccc(S(C)(=O)=O)cc2)c(OC)cc1Cl. The van der Waals surface area contributed by atoms with Crippen molar-refractivity contribution in [3.05, 3.63) is 47.0 Å². The van der Waals surface area contributed by atoms with Crippen molar-refractivity contribution in [1.29, 1.82) is 0 Å². The van der Waals surface area contributed by atoms with Gasteiger partial charge in [-0.15, -0.1) is 0 Å². The summed E-state index contributed by atoms with van der Waals surface area (Å²) < 4.78 is 33.2. The lowest BCUT2D eigenvalue weighted by molar-refractivity contribution is 0.102. The Kier molecular flexibility index (Phi) is 5.36. The zero-order valence-corrected chi connectivity index (χ0v) is 14.9. The van der Waals surface area contributed by atoms with E-state index in [2.05, 4.69) is 5.32 Å². The fourth-order valence-corrected chi connectivity index (χ4v) is 2.87. The van der Waals surface area contributed by atoms with E-state index in [1.807, 2.05) is 0 Å². The Hall–Kier alpha value is -2.25. The molecule has 1 amide bonds. The zero-order valence-electron chi connectivity index (χ0n) is 13.3. The normalized spacial score (nSPS) is 11.0. The molecule has 0 radical (unpaired) electrons. The zero-order chi connectivity index (χ0) is 17.9. The van der Waals surface area contributed by atoms with Crippen molar-refractivity contribution in [3.63, 3.8) is 0 Å². The fourth-order valence-electron chi connectivity index (χ4n) is 2.01. The second kappa shape index (κ2) is 7.11. The van der Waals surface area contributed by atoms with E-state index < -0.39 is 15.7 Å². The number of anilines is 1. The molecule has 8 heteroatoms. The number of amides is 1. The number of benzene rings is 2. The maximum absolute atomic E-state index is 12.3. The second-order valence-corrected chi connectivity index (χ2v) is 7.36. The molecule has 0 aliphatic heterocycles. The summed E-state index contributed by atoms with van der Waals surface area (Å²) in [6.07, 6.45) is 1.10. The molecule has 0 atom stereocenters. The molecular weight excluding hydrogens is 354 g/mol. The van der Waals surface area contributed by atoms with Crippen LogP contribution in [0.25, 0.3) is 0 Å². The predicted octanol–water partition coefficient (Wildman–Crippen LogP) is 3.01. The van der Waals surface area contributed by atoms with E-state index in [4.69, 9.17) is 21.1 Å². The number of methoxy groups -OCH3 is 2. The summed E-state index contributed by atoms with van der Waals surface area (Å²) >= 11 is 6.02. The molecule has 0 saturated heterocycles.